The molecule has 130 valence electrons. The highest BCUT2D eigenvalue weighted by molar-refractivity contribution is 5.43. The number of benzene rings is 1. The molecule has 0 bridgehead atoms. The van der Waals surface area contributed by atoms with Crippen LogP contribution in [0, 0.1) is 0 Å². The van der Waals surface area contributed by atoms with Crippen LogP contribution in [0.1, 0.15) is 58.1 Å². The summed E-state index contributed by atoms with van der Waals surface area (Å²) in [6, 6.07) is 6.39. The van der Waals surface area contributed by atoms with Gasteiger partial charge in [0.05, 0.1) is 19.3 Å². The van der Waals surface area contributed by atoms with Crippen molar-refractivity contribution in [1.82, 2.24) is 4.90 Å². The molecular formula is C19H31NO3. The number of rotatable bonds is 8. The number of hydrogen-bond donors (Lipinski definition) is 1. The Morgan fingerprint density at radius 3 is 2.61 bits per heavy atom. The zero-order valence-corrected chi connectivity index (χ0v) is 14.8. The first kappa shape index (κ1) is 18.1. The molecule has 1 N–H and O–H groups in total. The van der Waals surface area contributed by atoms with Crippen molar-refractivity contribution < 1.29 is 14.6 Å². The minimum atomic E-state index is -0.459. The smallest absolute Gasteiger partial charge is 0.161 e. The van der Waals surface area contributed by atoms with E-state index in [1.54, 1.807) is 0 Å². The molecule has 0 amide bonds. The number of ether oxygens (including phenoxy) is 2. The van der Waals surface area contributed by atoms with E-state index in [-0.39, 0.29) is 0 Å². The lowest BCUT2D eigenvalue weighted by Crippen LogP contribution is -2.38. The van der Waals surface area contributed by atoms with E-state index in [0.717, 1.165) is 36.6 Å². The van der Waals surface area contributed by atoms with E-state index >= 15 is 0 Å². The Labute approximate surface area is 140 Å². The molecule has 23 heavy (non-hydrogen) atoms. The number of piperidine rings is 1. The van der Waals surface area contributed by atoms with Gasteiger partial charge in [-0.15, -0.1) is 0 Å². The Balaban J connectivity index is 1.97. The van der Waals surface area contributed by atoms with E-state index in [4.69, 9.17) is 9.47 Å². The summed E-state index contributed by atoms with van der Waals surface area (Å²) in [4.78, 5) is 2.49. The average Bonchev–Trinajstić information content (AvgIpc) is 2.56. The molecule has 1 aromatic rings. The van der Waals surface area contributed by atoms with Gasteiger partial charge in [-0.2, -0.15) is 0 Å². The highest BCUT2D eigenvalue weighted by atomic mass is 16.5. The van der Waals surface area contributed by atoms with E-state index < -0.39 is 6.10 Å². The molecule has 2 atom stereocenters. The molecule has 0 spiro atoms. The lowest BCUT2D eigenvalue weighted by Gasteiger charge is -2.33. The fourth-order valence-electron chi connectivity index (χ4n) is 3.22. The monoisotopic (exact) mass is 321 g/mol. The molecule has 1 fully saturated rings. The summed E-state index contributed by atoms with van der Waals surface area (Å²) >= 11 is 0. The Morgan fingerprint density at radius 2 is 1.91 bits per heavy atom. The van der Waals surface area contributed by atoms with Crippen molar-refractivity contribution in [2.24, 2.45) is 0 Å². The van der Waals surface area contributed by atoms with E-state index in [2.05, 4.69) is 11.8 Å². The maximum absolute atomic E-state index is 10.5. The lowest BCUT2D eigenvalue weighted by molar-refractivity contribution is 0.109. The second-order valence-corrected chi connectivity index (χ2v) is 6.26. The minimum absolute atomic E-state index is 0.459. The van der Waals surface area contributed by atoms with E-state index in [0.29, 0.717) is 19.3 Å². The third kappa shape index (κ3) is 5.11. The molecule has 4 nitrogen and oxygen atoms in total. The van der Waals surface area contributed by atoms with Gasteiger partial charge in [0.15, 0.2) is 11.5 Å². The summed E-state index contributed by atoms with van der Waals surface area (Å²) in [5, 5.41) is 10.5. The SMILES string of the molecule is CCOc1ccc(C(O)CCN2CCCCC2C)cc1OCC. The number of nitrogens with zero attached hydrogens (tertiary/aromatic N) is 1. The van der Waals surface area contributed by atoms with Gasteiger partial charge in [-0.05, 0) is 64.3 Å². The first-order valence-electron chi connectivity index (χ1n) is 8.97. The zero-order chi connectivity index (χ0) is 16.7. The van der Waals surface area contributed by atoms with Crippen molar-refractivity contribution >= 4 is 0 Å². The van der Waals surface area contributed by atoms with Gasteiger partial charge in [0.25, 0.3) is 0 Å². The molecule has 1 aromatic carbocycles. The predicted molar refractivity (Wildman–Crippen MR) is 93.2 cm³/mol. The molecule has 0 aromatic heterocycles. The Bertz CT molecular complexity index is 478. The summed E-state index contributed by atoms with van der Waals surface area (Å²) in [6.07, 6.45) is 4.17. The van der Waals surface area contributed by atoms with Gasteiger partial charge in [0.1, 0.15) is 0 Å². The molecule has 2 unspecified atom stereocenters. The molecule has 0 aliphatic carbocycles. The normalized spacial score (nSPS) is 20.3. The summed E-state index contributed by atoms with van der Waals surface area (Å²) in [5.41, 5.74) is 0.904. The fraction of sp³-hybridized carbons (Fsp3) is 0.684. The standard InChI is InChI=1S/C19H31NO3/c1-4-22-18-10-9-16(14-19(18)23-5-2)17(21)11-13-20-12-7-6-8-15(20)3/h9-10,14-15,17,21H,4-8,11-13H2,1-3H3. The van der Waals surface area contributed by atoms with Crippen LogP contribution < -0.4 is 9.47 Å². The molecule has 2 rings (SSSR count). The van der Waals surface area contributed by atoms with Crippen LogP contribution in [0.25, 0.3) is 0 Å². The van der Waals surface area contributed by atoms with Crippen molar-refractivity contribution in [3.05, 3.63) is 23.8 Å². The summed E-state index contributed by atoms with van der Waals surface area (Å²) in [5.74, 6) is 1.46. The third-order valence-electron chi connectivity index (χ3n) is 4.58. The summed E-state index contributed by atoms with van der Waals surface area (Å²) in [6.45, 7) is 9.49. The molecule has 1 aliphatic rings. The van der Waals surface area contributed by atoms with E-state index in [1.165, 1.54) is 19.3 Å². The van der Waals surface area contributed by atoms with E-state index in [1.807, 2.05) is 32.0 Å². The van der Waals surface area contributed by atoms with Gasteiger partial charge >= 0.3 is 0 Å². The molecule has 1 saturated heterocycles. The van der Waals surface area contributed by atoms with Crippen LogP contribution in [0.15, 0.2) is 18.2 Å². The first-order valence-corrected chi connectivity index (χ1v) is 8.97. The zero-order valence-electron chi connectivity index (χ0n) is 14.8. The molecular weight excluding hydrogens is 290 g/mol. The molecule has 1 aliphatic heterocycles. The van der Waals surface area contributed by atoms with Crippen LogP contribution in [-0.4, -0.2) is 42.4 Å². The maximum atomic E-state index is 10.5. The largest absolute Gasteiger partial charge is 0.490 e. The van der Waals surface area contributed by atoms with Crippen LogP contribution in [0.4, 0.5) is 0 Å². The second kappa shape index (κ2) is 9.14. The van der Waals surface area contributed by atoms with Gasteiger partial charge in [0, 0.05) is 12.6 Å². The fourth-order valence-corrected chi connectivity index (χ4v) is 3.22. The maximum Gasteiger partial charge on any atom is 0.161 e. The average molecular weight is 321 g/mol. The van der Waals surface area contributed by atoms with Crippen LogP contribution in [0.3, 0.4) is 0 Å². The van der Waals surface area contributed by atoms with Gasteiger partial charge in [-0.25, -0.2) is 0 Å². The van der Waals surface area contributed by atoms with Crippen LogP contribution in [0.5, 0.6) is 11.5 Å². The minimum Gasteiger partial charge on any atom is -0.490 e. The van der Waals surface area contributed by atoms with Gasteiger partial charge in [0.2, 0.25) is 0 Å². The molecule has 0 radical (unpaired) electrons. The topological polar surface area (TPSA) is 41.9 Å². The summed E-state index contributed by atoms with van der Waals surface area (Å²) in [7, 11) is 0. The molecule has 1 heterocycles. The van der Waals surface area contributed by atoms with Gasteiger partial charge in [-0.1, -0.05) is 12.5 Å². The number of likely N-dealkylation sites (tertiary alicyclic amines) is 1. The Morgan fingerprint density at radius 1 is 1.17 bits per heavy atom. The summed E-state index contributed by atoms with van der Waals surface area (Å²) < 4.78 is 11.2. The number of aliphatic hydroxyl groups excluding tert-OH is 1. The highest BCUT2D eigenvalue weighted by Crippen LogP contribution is 2.32. The third-order valence-corrected chi connectivity index (χ3v) is 4.58. The Hall–Kier alpha value is -1.26. The molecule has 0 saturated carbocycles. The van der Waals surface area contributed by atoms with Crippen LogP contribution >= 0.6 is 0 Å². The van der Waals surface area contributed by atoms with Crippen molar-refractivity contribution in [2.75, 3.05) is 26.3 Å². The van der Waals surface area contributed by atoms with E-state index in [9.17, 15) is 5.11 Å². The Kier molecular flexibility index (Phi) is 7.18. The van der Waals surface area contributed by atoms with Crippen molar-refractivity contribution in [3.8, 4) is 11.5 Å². The van der Waals surface area contributed by atoms with Crippen LogP contribution in [0.2, 0.25) is 0 Å². The van der Waals surface area contributed by atoms with Crippen molar-refractivity contribution in [1.29, 1.82) is 0 Å². The first-order chi connectivity index (χ1) is 11.2. The highest BCUT2D eigenvalue weighted by Gasteiger charge is 2.20. The van der Waals surface area contributed by atoms with Crippen molar-refractivity contribution in [3.63, 3.8) is 0 Å². The molecule has 4 heteroatoms. The number of aliphatic hydroxyl groups is 1. The predicted octanol–water partition coefficient (Wildman–Crippen LogP) is 3.78. The van der Waals surface area contributed by atoms with Crippen molar-refractivity contribution in [2.45, 2.75) is 58.6 Å². The lowest BCUT2D eigenvalue weighted by atomic mass is 10.0. The number of hydrogen-bond acceptors (Lipinski definition) is 4. The van der Waals surface area contributed by atoms with Gasteiger partial charge in [-0.3, -0.25) is 0 Å². The second-order valence-electron chi connectivity index (χ2n) is 6.26. The van der Waals surface area contributed by atoms with Gasteiger partial charge < -0.3 is 19.5 Å². The quantitative estimate of drug-likeness (QED) is 0.791. The van der Waals surface area contributed by atoms with Crippen LogP contribution in [-0.2, 0) is 0 Å².